The number of nitrogens with zero attached hydrogens (tertiary/aromatic N) is 2. The lowest BCUT2D eigenvalue weighted by atomic mass is 9.70. The summed E-state index contributed by atoms with van der Waals surface area (Å²) < 4.78 is 0. The van der Waals surface area contributed by atoms with Crippen LogP contribution in [-0.2, 0) is 0 Å². The van der Waals surface area contributed by atoms with E-state index in [0.29, 0.717) is 5.92 Å². The molecule has 0 spiro atoms. The van der Waals surface area contributed by atoms with Crippen LogP contribution in [0.1, 0.15) is 56.8 Å². The highest BCUT2D eigenvalue weighted by molar-refractivity contribution is 6.48. The summed E-state index contributed by atoms with van der Waals surface area (Å²) in [4.78, 5) is 10.8. The summed E-state index contributed by atoms with van der Waals surface area (Å²) in [6, 6.07) is 21.6. The van der Waals surface area contributed by atoms with E-state index in [-0.39, 0.29) is 22.9 Å². The lowest BCUT2D eigenvalue weighted by Gasteiger charge is -2.36. The van der Waals surface area contributed by atoms with Crippen molar-refractivity contribution in [3.63, 3.8) is 0 Å². The minimum atomic E-state index is 0.0734. The molecule has 132 valence electrons. The maximum atomic E-state index is 5.41. The molecule has 2 aromatic carbocycles. The van der Waals surface area contributed by atoms with Crippen LogP contribution >= 0.6 is 0 Å². The maximum absolute atomic E-state index is 5.41. The van der Waals surface area contributed by atoms with Crippen molar-refractivity contribution >= 4 is 11.4 Å². The van der Waals surface area contributed by atoms with Crippen LogP contribution in [-0.4, -0.2) is 11.4 Å². The third-order valence-corrected chi connectivity index (χ3v) is 7.45. The largest absolute Gasteiger partial charge is 0.277 e. The standard InChI is InChI=1S/C24H26N2/c1-23(2)18-14-15-24(23,3)22-21(18)25-19(16-10-6-4-7-11-16)20(26-22)17-12-8-5-9-13-17/h4-13,18-20H,14-15H2,1-3H3/t18-,19-,20+,24+/m1/s1. The zero-order valence-corrected chi connectivity index (χ0v) is 15.8. The molecule has 2 heteroatoms. The summed E-state index contributed by atoms with van der Waals surface area (Å²) in [5.41, 5.74) is 5.52. The van der Waals surface area contributed by atoms with Gasteiger partial charge in [0.15, 0.2) is 0 Å². The summed E-state index contributed by atoms with van der Waals surface area (Å²) in [5.74, 6) is 0.550. The molecule has 0 N–H and O–H groups in total. The Morgan fingerprint density at radius 1 is 0.769 bits per heavy atom. The molecule has 1 heterocycles. The van der Waals surface area contributed by atoms with Gasteiger partial charge in [0.1, 0.15) is 12.1 Å². The van der Waals surface area contributed by atoms with E-state index in [1.54, 1.807) is 0 Å². The summed E-state index contributed by atoms with van der Waals surface area (Å²) >= 11 is 0. The Hall–Kier alpha value is -2.22. The Balaban J connectivity index is 1.69. The molecule has 2 aliphatic carbocycles. The van der Waals surface area contributed by atoms with E-state index in [1.165, 1.54) is 35.4 Å². The van der Waals surface area contributed by atoms with Gasteiger partial charge in [-0.05, 0) is 29.4 Å². The number of rotatable bonds is 2. The van der Waals surface area contributed by atoms with E-state index in [9.17, 15) is 0 Å². The van der Waals surface area contributed by atoms with E-state index in [4.69, 9.17) is 9.98 Å². The fraction of sp³-hybridized carbons (Fsp3) is 0.417. The van der Waals surface area contributed by atoms with E-state index < -0.39 is 0 Å². The molecule has 2 nitrogen and oxygen atoms in total. The Morgan fingerprint density at radius 3 is 1.88 bits per heavy atom. The zero-order chi connectivity index (χ0) is 17.9. The van der Waals surface area contributed by atoms with Crippen LogP contribution in [0.3, 0.4) is 0 Å². The molecule has 5 rings (SSSR count). The van der Waals surface area contributed by atoms with Crippen molar-refractivity contribution in [1.29, 1.82) is 0 Å². The third kappa shape index (κ3) is 1.99. The quantitative estimate of drug-likeness (QED) is 0.657. The van der Waals surface area contributed by atoms with Crippen molar-refractivity contribution < 1.29 is 0 Å². The van der Waals surface area contributed by atoms with Crippen molar-refractivity contribution in [2.24, 2.45) is 26.7 Å². The second kappa shape index (κ2) is 5.39. The molecule has 26 heavy (non-hydrogen) atoms. The highest BCUT2D eigenvalue weighted by atomic mass is 15.0. The average molecular weight is 342 g/mol. The Bertz CT molecular complexity index is 894. The minimum absolute atomic E-state index is 0.0734. The Labute approximate surface area is 156 Å². The van der Waals surface area contributed by atoms with Gasteiger partial charge in [0, 0.05) is 11.3 Å². The van der Waals surface area contributed by atoms with Gasteiger partial charge in [0.05, 0.1) is 11.4 Å². The number of fused-ring (bicyclic) bond motifs is 5. The van der Waals surface area contributed by atoms with Crippen LogP contribution < -0.4 is 0 Å². The highest BCUT2D eigenvalue weighted by Crippen LogP contribution is 2.64. The average Bonchev–Trinajstić information content (AvgIpc) is 3.01. The summed E-state index contributed by atoms with van der Waals surface area (Å²) in [5, 5.41) is 0. The zero-order valence-electron chi connectivity index (χ0n) is 15.8. The Morgan fingerprint density at radius 2 is 1.31 bits per heavy atom. The van der Waals surface area contributed by atoms with Crippen LogP contribution in [0.5, 0.6) is 0 Å². The minimum Gasteiger partial charge on any atom is -0.277 e. The molecule has 4 atom stereocenters. The molecule has 0 saturated heterocycles. The second-order valence-corrected chi connectivity index (χ2v) is 8.85. The summed E-state index contributed by atoms with van der Waals surface area (Å²) in [6.07, 6.45) is 2.49. The van der Waals surface area contributed by atoms with E-state index >= 15 is 0 Å². The molecule has 2 bridgehead atoms. The van der Waals surface area contributed by atoms with E-state index in [1.807, 2.05) is 0 Å². The van der Waals surface area contributed by atoms with Crippen molar-refractivity contribution in [3.05, 3.63) is 71.8 Å². The van der Waals surface area contributed by atoms with Gasteiger partial charge in [0.25, 0.3) is 0 Å². The monoisotopic (exact) mass is 342 g/mol. The first-order valence-electron chi connectivity index (χ1n) is 9.78. The molecule has 0 unspecified atom stereocenters. The van der Waals surface area contributed by atoms with Gasteiger partial charge in [-0.2, -0.15) is 0 Å². The first-order chi connectivity index (χ1) is 12.5. The normalized spacial score (nSPS) is 34.2. The van der Waals surface area contributed by atoms with Crippen molar-refractivity contribution in [1.82, 2.24) is 0 Å². The molecule has 2 aromatic rings. The SMILES string of the molecule is CC1(C)[C@@H]2CC[C@@]1(C)C1=N[C@@H](c3ccccc3)[C@@H](c3ccccc3)N=C12. The first kappa shape index (κ1) is 16.0. The van der Waals surface area contributed by atoms with Gasteiger partial charge in [0.2, 0.25) is 0 Å². The number of hydrogen-bond donors (Lipinski definition) is 0. The fourth-order valence-electron chi connectivity index (χ4n) is 5.45. The van der Waals surface area contributed by atoms with Crippen molar-refractivity contribution in [2.45, 2.75) is 45.7 Å². The third-order valence-electron chi connectivity index (χ3n) is 7.45. The van der Waals surface area contributed by atoms with Gasteiger partial charge in [-0.25, -0.2) is 0 Å². The molecule has 0 aromatic heterocycles. The fourth-order valence-corrected chi connectivity index (χ4v) is 5.45. The number of aliphatic imine (C=N–C) groups is 2. The summed E-state index contributed by atoms with van der Waals surface area (Å²) in [6.45, 7) is 7.26. The van der Waals surface area contributed by atoms with Crippen LogP contribution in [0.2, 0.25) is 0 Å². The molecule has 0 radical (unpaired) electrons. The van der Waals surface area contributed by atoms with Gasteiger partial charge in [-0.1, -0.05) is 81.4 Å². The topological polar surface area (TPSA) is 24.7 Å². The van der Waals surface area contributed by atoms with Gasteiger partial charge in [-0.15, -0.1) is 0 Å². The molecular formula is C24H26N2. The lowest BCUT2D eigenvalue weighted by Crippen LogP contribution is -2.36. The predicted octanol–water partition coefficient (Wildman–Crippen LogP) is 5.82. The smallest absolute Gasteiger partial charge is 0.102 e. The van der Waals surface area contributed by atoms with Crippen molar-refractivity contribution in [2.75, 3.05) is 0 Å². The van der Waals surface area contributed by atoms with Crippen LogP contribution in [0.4, 0.5) is 0 Å². The first-order valence-corrected chi connectivity index (χ1v) is 9.78. The number of benzene rings is 2. The van der Waals surface area contributed by atoms with Crippen molar-refractivity contribution in [3.8, 4) is 0 Å². The van der Waals surface area contributed by atoms with Crippen LogP contribution in [0, 0.1) is 16.7 Å². The molecule has 2 saturated carbocycles. The lowest BCUT2D eigenvalue weighted by molar-refractivity contribution is 0.208. The predicted molar refractivity (Wildman–Crippen MR) is 108 cm³/mol. The van der Waals surface area contributed by atoms with Gasteiger partial charge < -0.3 is 0 Å². The van der Waals surface area contributed by atoms with E-state index in [0.717, 1.165) is 0 Å². The van der Waals surface area contributed by atoms with Crippen LogP contribution in [0.25, 0.3) is 0 Å². The highest BCUT2D eigenvalue weighted by Gasteiger charge is 2.64. The molecular weight excluding hydrogens is 316 g/mol. The van der Waals surface area contributed by atoms with E-state index in [2.05, 4.69) is 81.4 Å². The Kier molecular flexibility index (Phi) is 3.31. The molecule has 0 amide bonds. The van der Waals surface area contributed by atoms with Gasteiger partial charge in [-0.3, -0.25) is 9.98 Å². The second-order valence-electron chi connectivity index (χ2n) is 8.85. The molecule has 2 fully saturated rings. The number of hydrogen-bond acceptors (Lipinski definition) is 2. The molecule has 3 aliphatic rings. The van der Waals surface area contributed by atoms with Gasteiger partial charge >= 0.3 is 0 Å². The summed E-state index contributed by atoms with van der Waals surface area (Å²) in [7, 11) is 0. The van der Waals surface area contributed by atoms with Crippen LogP contribution in [0.15, 0.2) is 70.6 Å². The molecule has 1 aliphatic heterocycles. The maximum Gasteiger partial charge on any atom is 0.102 e.